The maximum atomic E-state index is 11.3. The third-order valence-electron chi connectivity index (χ3n) is 2.00. The Morgan fingerprint density at radius 3 is 2.33 bits per heavy atom. The Bertz CT molecular complexity index is 317. The predicted molar refractivity (Wildman–Crippen MR) is 63.1 cm³/mol. The van der Waals surface area contributed by atoms with Gasteiger partial charge in [0.25, 0.3) is 0 Å². The van der Waals surface area contributed by atoms with Gasteiger partial charge in [-0.25, -0.2) is 9.59 Å². The number of amides is 3. The van der Waals surface area contributed by atoms with E-state index in [-0.39, 0.29) is 12.5 Å². The summed E-state index contributed by atoms with van der Waals surface area (Å²) in [5.74, 6) is -1.54. The molecule has 0 aromatic heterocycles. The van der Waals surface area contributed by atoms with E-state index in [2.05, 4.69) is 16.0 Å². The lowest BCUT2D eigenvalue weighted by Gasteiger charge is -2.21. The Hall–Kier alpha value is -1.83. The fourth-order valence-electron chi connectivity index (χ4n) is 0.897. The zero-order valence-corrected chi connectivity index (χ0v) is 10.7. The Kier molecular flexibility index (Phi) is 6.73. The first-order valence-corrected chi connectivity index (χ1v) is 5.34. The largest absolute Gasteiger partial charge is 0.480 e. The van der Waals surface area contributed by atoms with Gasteiger partial charge in [0.05, 0.1) is 13.2 Å². The fraction of sp³-hybridized carbons (Fsp3) is 0.700. The molecule has 104 valence electrons. The van der Waals surface area contributed by atoms with Crippen molar-refractivity contribution < 1.29 is 24.2 Å². The molecule has 0 saturated heterocycles. The zero-order chi connectivity index (χ0) is 14.2. The molecule has 0 aliphatic heterocycles. The van der Waals surface area contributed by atoms with Crippen LogP contribution < -0.4 is 16.0 Å². The molecule has 0 aliphatic carbocycles. The van der Waals surface area contributed by atoms with E-state index in [0.29, 0.717) is 13.2 Å². The standard InChI is InChI=1S/C10H19N3O5/c1-10(2,8(15)16)13-9(17)12-6-7(14)11-4-5-18-3/h4-6H2,1-3H3,(H,11,14)(H,15,16)(H2,12,13,17). The van der Waals surface area contributed by atoms with Crippen LogP contribution in [0, 0.1) is 0 Å². The topological polar surface area (TPSA) is 117 Å². The van der Waals surface area contributed by atoms with Crippen LogP contribution in [0.5, 0.6) is 0 Å². The Balaban J connectivity index is 3.90. The highest BCUT2D eigenvalue weighted by Gasteiger charge is 2.28. The molecule has 0 atom stereocenters. The highest BCUT2D eigenvalue weighted by Crippen LogP contribution is 2.00. The van der Waals surface area contributed by atoms with Crippen LogP contribution in [0.2, 0.25) is 0 Å². The first-order valence-electron chi connectivity index (χ1n) is 5.34. The predicted octanol–water partition coefficient (Wildman–Crippen LogP) is -1.09. The molecule has 8 nitrogen and oxygen atoms in total. The highest BCUT2D eigenvalue weighted by molar-refractivity contribution is 5.88. The summed E-state index contributed by atoms with van der Waals surface area (Å²) in [6.07, 6.45) is 0. The molecule has 0 fully saturated rings. The van der Waals surface area contributed by atoms with Gasteiger partial charge in [-0.3, -0.25) is 4.79 Å². The van der Waals surface area contributed by atoms with Gasteiger partial charge < -0.3 is 25.8 Å². The van der Waals surface area contributed by atoms with E-state index >= 15 is 0 Å². The number of carboxylic acids is 1. The van der Waals surface area contributed by atoms with Crippen LogP contribution in [-0.4, -0.2) is 55.4 Å². The molecule has 8 heteroatoms. The average molecular weight is 261 g/mol. The lowest BCUT2D eigenvalue weighted by atomic mass is 10.1. The molecule has 0 aromatic carbocycles. The summed E-state index contributed by atoms with van der Waals surface area (Å²) in [7, 11) is 1.51. The molecular formula is C10H19N3O5. The van der Waals surface area contributed by atoms with Crippen molar-refractivity contribution >= 4 is 17.9 Å². The molecule has 0 bridgehead atoms. The van der Waals surface area contributed by atoms with Crippen LogP contribution in [0.1, 0.15) is 13.8 Å². The van der Waals surface area contributed by atoms with Gasteiger partial charge >= 0.3 is 12.0 Å². The fourth-order valence-corrected chi connectivity index (χ4v) is 0.897. The monoisotopic (exact) mass is 261 g/mol. The maximum Gasteiger partial charge on any atom is 0.328 e. The van der Waals surface area contributed by atoms with Crippen molar-refractivity contribution in [1.82, 2.24) is 16.0 Å². The lowest BCUT2D eigenvalue weighted by molar-refractivity contribution is -0.142. The summed E-state index contributed by atoms with van der Waals surface area (Å²) in [5.41, 5.74) is -1.39. The Morgan fingerprint density at radius 1 is 1.22 bits per heavy atom. The normalized spacial score (nSPS) is 10.6. The highest BCUT2D eigenvalue weighted by atomic mass is 16.5. The molecule has 0 unspecified atom stereocenters. The van der Waals surface area contributed by atoms with Crippen LogP contribution in [0.15, 0.2) is 0 Å². The van der Waals surface area contributed by atoms with Crippen molar-refractivity contribution in [2.24, 2.45) is 0 Å². The SMILES string of the molecule is COCCNC(=O)CNC(=O)NC(C)(C)C(=O)O. The molecule has 4 N–H and O–H groups in total. The van der Waals surface area contributed by atoms with Crippen LogP contribution in [0.3, 0.4) is 0 Å². The number of carbonyl (C=O) groups excluding carboxylic acids is 2. The number of ether oxygens (including phenoxy) is 1. The Morgan fingerprint density at radius 2 is 1.83 bits per heavy atom. The Labute approximate surface area is 105 Å². The number of nitrogens with one attached hydrogen (secondary N) is 3. The van der Waals surface area contributed by atoms with E-state index in [1.165, 1.54) is 21.0 Å². The van der Waals surface area contributed by atoms with Gasteiger partial charge in [-0.1, -0.05) is 0 Å². The molecule has 0 rings (SSSR count). The number of methoxy groups -OCH3 is 1. The summed E-state index contributed by atoms with van der Waals surface area (Å²) in [6, 6.07) is -0.718. The van der Waals surface area contributed by atoms with Crippen molar-refractivity contribution in [3.05, 3.63) is 0 Å². The van der Waals surface area contributed by atoms with Gasteiger partial charge in [0.15, 0.2) is 0 Å². The smallest absolute Gasteiger partial charge is 0.328 e. The van der Waals surface area contributed by atoms with E-state index in [1.807, 2.05) is 0 Å². The number of rotatable bonds is 7. The van der Waals surface area contributed by atoms with Crippen molar-refractivity contribution in [3.63, 3.8) is 0 Å². The molecule has 18 heavy (non-hydrogen) atoms. The summed E-state index contributed by atoms with van der Waals surface area (Å²) in [6.45, 7) is 3.18. The molecule has 0 heterocycles. The van der Waals surface area contributed by atoms with Gasteiger partial charge in [0.1, 0.15) is 5.54 Å². The molecule has 0 spiro atoms. The van der Waals surface area contributed by atoms with E-state index in [0.717, 1.165) is 0 Å². The van der Waals surface area contributed by atoms with Crippen LogP contribution in [-0.2, 0) is 14.3 Å². The summed E-state index contributed by atoms with van der Waals surface area (Å²) in [5, 5.41) is 15.8. The van der Waals surface area contributed by atoms with Gasteiger partial charge in [0, 0.05) is 13.7 Å². The number of urea groups is 1. The second kappa shape index (κ2) is 7.49. The minimum Gasteiger partial charge on any atom is -0.480 e. The van der Waals surface area contributed by atoms with Crippen molar-refractivity contribution in [1.29, 1.82) is 0 Å². The van der Waals surface area contributed by atoms with Gasteiger partial charge in [-0.2, -0.15) is 0 Å². The average Bonchev–Trinajstić information content (AvgIpc) is 2.26. The van der Waals surface area contributed by atoms with E-state index < -0.39 is 17.5 Å². The van der Waals surface area contributed by atoms with Gasteiger partial charge in [0.2, 0.25) is 5.91 Å². The molecule has 3 amide bonds. The maximum absolute atomic E-state index is 11.3. The third kappa shape index (κ3) is 6.69. The molecular weight excluding hydrogens is 242 g/mol. The van der Waals surface area contributed by atoms with E-state index in [1.54, 1.807) is 0 Å². The quantitative estimate of drug-likeness (QED) is 0.434. The van der Waals surface area contributed by atoms with Gasteiger partial charge in [-0.15, -0.1) is 0 Å². The second-order valence-corrected chi connectivity index (χ2v) is 4.08. The van der Waals surface area contributed by atoms with Crippen molar-refractivity contribution in [2.75, 3.05) is 26.8 Å². The summed E-state index contributed by atoms with van der Waals surface area (Å²) < 4.78 is 4.73. The third-order valence-corrected chi connectivity index (χ3v) is 2.00. The van der Waals surface area contributed by atoms with Crippen LogP contribution in [0.4, 0.5) is 4.79 Å². The lowest BCUT2D eigenvalue weighted by Crippen LogP contribution is -2.54. The summed E-state index contributed by atoms with van der Waals surface area (Å²) in [4.78, 5) is 33.2. The van der Waals surface area contributed by atoms with E-state index in [4.69, 9.17) is 9.84 Å². The minimum atomic E-state index is -1.39. The number of carbonyl (C=O) groups is 3. The molecule has 0 aromatic rings. The van der Waals surface area contributed by atoms with Gasteiger partial charge in [-0.05, 0) is 13.8 Å². The molecule has 0 aliphatic rings. The number of hydrogen-bond acceptors (Lipinski definition) is 4. The number of carboxylic acid groups (broad SMARTS) is 1. The second-order valence-electron chi connectivity index (χ2n) is 4.08. The molecule has 0 saturated carbocycles. The first-order chi connectivity index (χ1) is 8.29. The zero-order valence-electron chi connectivity index (χ0n) is 10.7. The minimum absolute atomic E-state index is 0.231. The first kappa shape index (κ1) is 16.2. The van der Waals surface area contributed by atoms with E-state index in [9.17, 15) is 14.4 Å². The van der Waals surface area contributed by atoms with Crippen LogP contribution in [0.25, 0.3) is 0 Å². The molecule has 0 radical (unpaired) electrons. The van der Waals surface area contributed by atoms with Crippen molar-refractivity contribution in [2.45, 2.75) is 19.4 Å². The number of hydrogen-bond donors (Lipinski definition) is 4. The summed E-state index contributed by atoms with van der Waals surface area (Å²) >= 11 is 0. The number of aliphatic carboxylic acids is 1. The van der Waals surface area contributed by atoms with Crippen LogP contribution >= 0.6 is 0 Å². The van der Waals surface area contributed by atoms with Crippen molar-refractivity contribution in [3.8, 4) is 0 Å².